The van der Waals surface area contributed by atoms with Gasteiger partial charge in [-0.1, -0.05) is 12.1 Å². The monoisotopic (exact) mass is 177 g/mol. The van der Waals surface area contributed by atoms with E-state index in [-0.39, 0.29) is 0 Å². The first-order valence-electron chi connectivity index (χ1n) is 3.87. The number of benzene rings is 1. The largest absolute Gasteiger partial charge is 0.478 e. The summed E-state index contributed by atoms with van der Waals surface area (Å²) in [5.74, 6) is -0.957. The zero-order chi connectivity index (χ0) is 9.84. The molecule has 3 N–H and O–H groups in total. The third-order valence-electron chi connectivity index (χ3n) is 1.82. The van der Waals surface area contributed by atoms with Gasteiger partial charge >= 0.3 is 5.97 Å². The lowest BCUT2D eigenvalue weighted by molar-refractivity contribution is -0.131. The summed E-state index contributed by atoms with van der Waals surface area (Å²) in [5, 5.41) is 8.42. The first-order valence-corrected chi connectivity index (χ1v) is 3.87. The summed E-state index contributed by atoms with van der Waals surface area (Å²) in [5.41, 5.74) is 8.06. The van der Waals surface area contributed by atoms with Gasteiger partial charge in [0.05, 0.1) is 0 Å². The van der Waals surface area contributed by atoms with E-state index in [0.717, 1.165) is 17.2 Å². The molecule has 0 aromatic heterocycles. The minimum absolute atomic E-state index is 0.674. The lowest BCUT2D eigenvalue weighted by Crippen LogP contribution is -1.92. The van der Waals surface area contributed by atoms with Crippen LogP contribution in [0.1, 0.15) is 11.1 Å². The third kappa shape index (κ3) is 2.33. The third-order valence-corrected chi connectivity index (χ3v) is 1.82. The summed E-state index contributed by atoms with van der Waals surface area (Å²) < 4.78 is 0. The van der Waals surface area contributed by atoms with E-state index in [2.05, 4.69) is 0 Å². The molecule has 1 aromatic carbocycles. The van der Waals surface area contributed by atoms with Gasteiger partial charge in [-0.25, -0.2) is 4.79 Å². The van der Waals surface area contributed by atoms with Gasteiger partial charge in [0.2, 0.25) is 0 Å². The van der Waals surface area contributed by atoms with Crippen LogP contribution in [0.5, 0.6) is 0 Å². The molecule has 0 fully saturated rings. The van der Waals surface area contributed by atoms with Gasteiger partial charge in [-0.05, 0) is 30.2 Å². The minimum Gasteiger partial charge on any atom is -0.478 e. The Morgan fingerprint density at radius 2 is 2.23 bits per heavy atom. The van der Waals surface area contributed by atoms with E-state index in [1.54, 1.807) is 12.1 Å². The molecule has 0 unspecified atom stereocenters. The molecule has 0 saturated carbocycles. The number of carboxylic acid groups (broad SMARTS) is 1. The standard InChI is InChI=1S/C10H11NO2/c1-7-8(5-6-10(12)13)3-2-4-9(7)11/h2-6H,11H2,1H3,(H,12,13). The Labute approximate surface area is 76.5 Å². The van der Waals surface area contributed by atoms with Gasteiger partial charge in [0, 0.05) is 11.8 Å². The number of hydrogen-bond acceptors (Lipinski definition) is 2. The molecule has 13 heavy (non-hydrogen) atoms. The molecule has 0 bridgehead atoms. The molecule has 0 aliphatic rings. The molecule has 0 aliphatic heterocycles. The van der Waals surface area contributed by atoms with Crippen LogP contribution in [0.15, 0.2) is 24.3 Å². The van der Waals surface area contributed by atoms with Crippen LogP contribution in [0.4, 0.5) is 5.69 Å². The number of carbonyl (C=O) groups is 1. The molecule has 0 spiro atoms. The van der Waals surface area contributed by atoms with Crippen LogP contribution in [0.3, 0.4) is 0 Å². The molecule has 0 saturated heterocycles. The summed E-state index contributed by atoms with van der Waals surface area (Å²) in [7, 11) is 0. The molecule has 0 atom stereocenters. The zero-order valence-corrected chi connectivity index (χ0v) is 7.32. The first-order chi connectivity index (χ1) is 6.11. The van der Waals surface area contributed by atoms with E-state index in [1.165, 1.54) is 6.08 Å². The normalized spacial score (nSPS) is 10.5. The lowest BCUT2D eigenvalue weighted by Gasteiger charge is -2.02. The van der Waals surface area contributed by atoms with Crippen LogP contribution in [0, 0.1) is 6.92 Å². The van der Waals surface area contributed by atoms with E-state index in [9.17, 15) is 4.79 Å². The second-order valence-corrected chi connectivity index (χ2v) is 2.73. The Balaban J connectivity index is 3.02. The van der Waals surface area contributed by atoms with Crippen molar-refractivity contribution in [1.82, 2.24) is 0 Å². The maximum absolute atomic E-state index is 10.3. The van der Waals surface area contributed by atoms with Crippen LogP contribution in [0.25, 0.3) is 6.08 Å². The van der Waals surface area contributed by atoms with Gasteiger partial charge in [-0.2, -0.15) is 0 Å². The number of anilines is 1. The van der Waals surface area contributed by atoms with Crippen molar-refractivity contribution in [3.63, 3.8) is 0 Å². The molecular formula is C10H11NO2. The fourth-order valence-electron chi connectivity index (χ4n) is 1.01. The highest BCUT2D eigenvalue weighted by Crippen LogP contribution is 2.16. The Kier molecular flexibility index (Phi) is 2.69. The van der Waals surface area contributed by atoms with Gasteiger partial charge in [0.1, 0.15) is 0 Å². The maximum Gasteiger partial charge on any atom is 0.328 e. The average molecular weight is 177 g/mol. The Morgan fingerprint density at radius 3 is 2.85 bits per heavy atom. The van der Waals surface area contributed by atoms with E-state index >= 15 is 0 Å². The van der Waals surface area contributed by atoms with Crippen molar-refractivity contribution in [3.8, 4) is 0 Å². The predicted octanol–water partition coefficient (Wildman–Crippen LogP) is 1.68. The predicted molar refractivity (Wildman–Crippen MR) is 52.3 cm³/mol. The van der Waals surface area contributed by atoms with Crippen molar-refractivity contribution in [2.24, 2.45) is 0 Å². The highest BCUT2D eigenvalue weighted by molar-refractivity contribution is 5.85. The number of rotatable bonds is 2. The van der Waals surface area contributed by atoms with E-state index in [4.69, 9.17) is 10.8 Å². The van der Waals surface area contributed by atoms with Gasteiger partial charge in [-0.15, -0.1) is 0 Å². The fourth-order valence-corrected chi connectivity index (χ4v) is 1.01. The molecule has 0 radical (unpaired) electrons. The molecule has 3 nitrogen and oxygen atoms in total. The zero-order valence-electron chi connectivity index (χ0n) is 7.32. The summed E-state index contributed by atoms with van der Waals surface area (Å²) >= 11 is 0. The van der Waals surface area contributed by atoms with Crippen LogP contribution in [-0.2, 0) is 4.79 Å². The van der Waals surface area contributed by atoms with Crippen molar-refractivity contribution in [2.45, 2.75) is 6.92 Å². The number of hydrogen-bond donors (Lipinski definition) is 2. The van der Waals surface area contributed by atoms with Crippen LogP contribution in [-0.4, -0.2) is 11.1 Å². The van der Waals surface area contributed by atoms with E-state index in [0.29, 0.717) is 5.69 Å². The second-order valence-electron chi connectivity index (χ2n) is 2.73. The van der Waals surface area contributed by atoms with Crippen LogP contribution in [0.2, 0.25) is 0 Å². The molecular weight excluding hydrogens is 166 g/mol. The molecule has 1 rings (SSSR count). The summed E-state index contributed by atoms with van der Waals surface area (Å²) in [6.45, 7) is 1.86. The average Bonchev–Trinajstić information content (AvgIpc) is 2.07. The van der Waals surface area contributed by atoms with Crippen molar-refractivity contribution in [1.29, 1.82) is 0 Å². The van der Waals surface area contributed by atoms with Crippen molar-refractivity contribution in [2.75, 3.05) is 5.73 Å². The summed E-state index contributed by atoms with van der Waals surface area (Å²) in [4.78, 5) is 10.3. The van der Waals surface area contributed by atoms with Crippen molar-refractivity contribution >= 4 is 17.7 Å². The van der Waals surface area contributed by atoms with Crippen molar-refractivity contribution in [3.05, 3.63) is 35.4 Å². The van der Waals surface area contributed by atoms with E-state index in [1.807, 2.05) is 13.0 Å². The SMILES string of the molecule is Cc1c(N)cccc1C=CC(=O)O. The summed E-state index contributed by atoms with van der Waals surface area (Å²) in [6, 6.07) is 5.41. The number of nitrogen functional groups attached to an aromatic ring is 1. The molecule has 0 heterocycles. The second kappa shape index (κ2) is 3.76. The van der Waals surface area contributed by atoms with Crippen molar-refractivity contribution < 1.29 is 9.90 Å². The van der Waals surface area contributed by atoms with Crippen LogP contribution >= 0.6 is 0 Å². The molecule has 0 amide bonds. The Bertz CT molecular complexity index is 356. The highest BCUT2D eigenvalue weighted by atomic mass is 16.4. The van der Waals surface area contributed by atoms with Gasteiger partial charge in [0.15, 0.2) is 0 Å². The number of nitrogens with two attached hydrogens (primary N) is 1. The maximum atomic E-state index is 10.3. The Morgan fingerprint density at radius 1 is 1.54 bits per heavy atom. The number of carboxylic acids is 1. The number of aliphatic carboxylic acids is 1. The molecule has 68 valence electrons. The quantitative estimate of drug-likeness (QED) is 0.533. The highest BCUT2D eigenvalue weighted by Gasteiger charge is 1.97. The molecule has 1 aromatic rings. The van der Waals surface area contributed by atoms with Gasteiger partial charge in [-0.3, -0.25) is 0 Å². The Hall–Kier alpha value is -1.77. The van der Waals surface area contributed by atoms with Gasteiger partial charge in [0.25, 0.3) is 0 Å². The first kappa shape index (κ1) is 9.32. The smallest absolute Gasteiger partial charge is 0.328 e. The minimum atomic E-state index is -0.957. The van der Waals surface area contributed by atoms with Gasteiger partial charge < -0.3 is 10.8 Å². The fraction of sp³-hybridized carbons (Fsp3) is 0.100. The topological polar surface area (TPSA) is 63.3 Å². The molecule has 3 heteroatoms. The lowest BCUT2D eigenvalue weighted by atomic mass is 10.1. The van der Waals surface area contributed by atoms with Crippen LogP contribution < -0.4 is 5.73 Å². The van der Waals surface area contributed by atoms with E-state index < -0.39 is 5.97 Å². The molecule has 0 aliphatic carbocycles. The summed E-state index contributed by atoms with van der Waals surface area (Å²) in [6.07, 6.45) is 2.63.